The van der Waals surface area contributed by atoms with Gasteiger partial charge in [0.1, 0.15) is 0 Å². The van der Waals surface area contributed by atoms with Crippen molar-refractivity contribution in [3.05, 3.63) is 120 Å². The van der Waals surface area contributed by atoms with Crippen molar-refractivity contribution in [3.8, 4) is 0 Å². The van der Waals surface area contributed by atoms with Crippen molar-refractivity contribution in [2.45, 2.75) is 11.4 Å². The van der Waals surface area contributed by atoms with Crippen molar-refractivity contribution >= 4 is 37.5 Å². The summed E-state index contributed by atoms with van der Waals surface area (Å²) in [5.41, 5.74) is 0.793. The third-order valence-electron chi connectivity index (χ3n) is 4.38. The minimum absolute atomic E-state index is 0.0148. The van der Waals surface area contributed by atoms with Crippen LogP contribution in [0, 0.1) is 0 Å². The average molecular weight is 537 g/mol. The Morgan fingerprint density at radius 2 is 0.938 bits per heavy atom. The van der Waals surface area contributed by atoms with Gasteiger partial charge in [0.15, 0.2) is 0 Å². The fourth-order valence-electron chi connectivity index (χ4n) is 2.77. The summed E-state index contributed by atoms with van der Waals surface area (Å²) in [5.74, 6) is -2.15. The maximum atomic E-state index is 12.9. The summed E-state index contributed by atoms with van der Waals surface area (Å²) in [6, 6.07) is 24.9. The van der Waals surface area contributed by atoms with Gasteiger partial charge < -0.3 is 0 Å². The number of rotatable bonds is 8. The number of allylic oxidation sites excluding steroid dienone is 2. The SMILES string of the molecule is CC=C[CH2][Sn]([O]C(=O)c1ccccc1)([O]C(=O)c1ccccc1)[O]C(=O)c1ccccc1. The van der Waals surface area contributed by atoms with Crippen molar-refractivity contribution in [2.24, 2.45) is 0 Å². The molecule has 0 aliphatic heterocycles. The van der Waals surface area contributed by atoms with E-state index >= 15 is 0 Å². The molecule has 0 aliphatic rings. The molecular weight excluding hydrogens is 515 g/mol. The van der Waals surface area contributed by atoms with E-state index in [4.69, 9.17) is 9.22 Å². The van der Waals surface area contributed by atoms with Gasteiger partial charge in [0, 0.05) is 0 Å². The third-order valence-corrected chi connectivity index (χ3v) is 10.7. The Bertz CT molecular complexity index is 951. The first-order valence-electron chi connectivity index (χ1n) is 9.99. The third kappa shape index (κ3) is 6.30. The Morgan fingerprint density at radius 1 is 0.625 bits per heavy atom. The average Bonchev–Trinajstić information content (AvgIpc) is 2.84. The van der Waals surface area contributed by atoms with Crippen LogP contribution in [0.1, 0.15) is 38.0 Å². The van der Waals surface area contributed by atoms with Crippen molar-refractivity contribution in [2.75, 3.05) is 0 Å². The summed E-state index contributed by atoms with van der Waals surface area (Å²) < 4.78 is 17.2. The van der Waals surface area contributed by atoms with E-state index < -0.39 is 37.5 Å². The topological polar surface area (TPSA) is 78.9 Å². The van der Waals surface area contributed by atoms with E-state index in [0.29, 0.717) is 0 Å². The Balaban J connectivity index is 1.97. The number of benzene rings is 3. The summed E-state index contributed by atoms with van der Waals surface area (Å²) in [5, 5.41) is 0. The van der Waals surface area contributed by atoms with Gasteiger partial charge in [-0.1, -0.05) is 0 Å². The van der Waals surface area contributed by atoms with E-state index in [1.807, 2.05) is 0 Å². The van der Waals surface area contributed by atoms with Crippen molar-refractivity contribution in [1.82, 2.24) is 0 Å². The number of hydrogen-bond donors (Lipinski definition) is 0. The second kappa shape index (κ2) is 11.3. The van der Waals surface area contributed by atoms with E-state index in [1.165, 1.54) is 0 Å². The molecule has 3 aromatic carbocycles. The summed E-state index contributed by atoms with van der Waals surface area (Å²) in [7, 11) is 0. The molecule has 0 fully saturated rings. The molecule has 0 saturated carbocycles. The van der Waals surface area contributed by atoms with Crippen LogP contribution in [-0.4, -0.2) is 37.5 Å². The molecule has 0 aromatic heterocycles. The standard InChI is InChI=1S/3C7H6O2.C4H7.Sn/c3*8-7(9)6-4-2-1-3-5-6;1-3-4-2;/h3*1-5H,(H,8,9);3-4H,1H2,2H3;/q;;;;+3/p-3. The van der Waals surface area contributed by atoms with Gasteiger partial charge in [-0.15, -0.1) is 0 Å². The fraction of sp³-hybridized carbons (Fsp3) is 0.0800. The van der Waals surface area contributed by atoms with Gasteiger partial charge in [0.2, 0.25) is 0 Å². The van der Waals surface area contributed by atoms with Crippen molar-refractivity contribution < 1.29 is 23.6 Å². The van der Waals surface area contributed by atoms with E-state index in [9.17, 15) is 14.4 Å². The van der Waals surface area contributed by atoms with Gasteiger partial charge in [-0.2, -0.15) is 0 Å². The first-order valence-corrected chi connectivity index (χ1v) is 15.5. The van der Waals surface area contributed by atoms with E-state index in [0.717, 1.165) is 0 Å². The van der Waals surface area contributed by atoms with Crippen LogP contribution in [0.15, 0.2) is 103 Å². The van der Waals surface area contributed by atoms with Gasteiger partial charge in [-0.05, 0) is 0 Å². The van der Waals surface area contributed by atoms with Crippen molar-refractivity contribution in [3.63, 3.8) is 0 Å². The van der Waals surface area contributed by atoms with Crippen LogP contribution in [0.5, 0.6) is 0 Å². The maximum absolute atomic E-state index is 12.9. The van der Waals surface area contributed by atoms with Gasteiger partial charge >= 0.3 is 192 Å². The molecule has 3 rings (SSSR count). The predicted octanol–water partition coefficient (Wildman–Crippen LogP) is 5.07. The van der Waals surface area contributed by atoms with Gasteiger partial charge in [0.25, 0.3) is 0 Å². The molecule has 0 atom stereocenters. The number of carbonyl (C=O) groups excluding carboxylic acids is 3. The quantitative estimate of drug-likeness (QED) is 0.295. The van der Waals surface area contributed by atoms with Gasteiger partial charge in [-0.3, -0.25) is 0 Å². The monoisotopic (exact) mass is 538 g/mol. The number of hydrogen-bond acceptors (Lipinski definition) is 6. The zero-order chi connectivity index (χ0) is 22.8. The van der Waals surface area contributed by atoms with Crippen LogP contribution in [0.25, 0.3) is 0 Å². The summed E-state index contributed by atoms with van der Waals surface area (Å²) in [6.07, 6.45) is 3.39. The van der Waals surface area contributed by atoms with Crippen LogP contribution in [-0.2, 0) is 9.22 Å². The molecule has 0 heterocycles. The number of carbonyl (C=O) groups is 3. The van der Waals surface area contributed by atoms with Crippen LogP contribution < -0.4 is 0 Å². The predicted molar refractivity (Wildman–Crippen MR) is 121 cm³/mol. The Hall–Kier alpha value is -3.39. The molecule has 3 aromatic rings. The molecule has 0 aliphatic carbocycles. The first-order chi connectivity index (χ1) is 15.5. The van der Waals surface area contributed by atoms with Crippen molar-refractivity contribution in [1.29, 1.82) is 0 Å². The molecule has 6 nitrogen and oxygen atoms in total. The Labute approximate surface area is 192 Å². The molecule has 7 heteroatoms. The molecule has 0 N–H and O–H groups in total. The summed E-state index contributed by atoms with van der Waals surface area (Å²) in [6.45, 7) is 1.77. The van der Waals surface area contributed by atoms with Crippen LogP contribution >= 0.6 is 0 Å². The molecule has 0 saturated heterocycles. The second-order valence-electron chi connectivity index (χ2n) is 6.72. The van der Waals surface area contributed by atoms with Crippen LogP contribution in [0.4, 0.5) is 0 Å². The van der Waals surface area contributed by atoms with Gasteiger partial charge in [0.05, 0.1) is 0 Å². The molecule has 0 spiro atoms. The summed E-state index contributed by atoms with van der Waals surface area (Å²) >= 11 is -5.15. The molecule has 0 radical (unpaired) electrons. The minimum atomic E-state index is -5.15. The van der Waals surface area contributed by atoms with E-state index in [-0.39, 0.29) is 21.1 Å². The van der Waals surface area contributed by atoms with Crippen LogP contribution in [0.2, 0.25) is 4.44 Å². The van der Waals surface area contributed by atoms with Gasteiger partial charge in [-0.25, -0.2) is 0 Å². The molecular formula is C25H22O6Sn. The normalized spacial score (nSPS) is 11.0. The molecule has 0 bridgehead atoms. The Kier molecular flexibility index (Phi) is 8.21. The second-order valence-corrected chi connectivity index (χ2v) is 13.5. The molecule has 162 valence electrons. The van der Waals surface area contributed by atoms with E-state index in [2.05, 4.69) is 0 Å². The molecule has 32 heavy (non-hydrogen) atoms. The zero-order valence-corrected chi connectivity index (χ0v) is 20.3. The molecule has 0 unspecified atom stereocenters. The zero-order valence-electron chi connectivity index (χ0n) is 17.5. The Morgan fingerprint density at radius 3 is 1.22 bits per heavy atom. The van der Waals surface area contributed by atoms with E-state index in [1.54, 1.807) is 110 Å². The summed E-state index contributed by atoms with van der Waals surface area (Å²) in [4.78, 5) is 38.6. The first kappa shape index (κ1) is 23.3. The molecule has 0 amide bonds. The fourth-order valence-corrected chi connectivity index (χ4v) is 8.77. The van der Waals surface area contributed by atoms with Crippen LogP contribution in [0.3, 0.4) is 0 Å².